The second-order valence-corrected chi connectivity index (χ2v) is 11.3. The second-order valence-electron chi connectivity index (χ2n) is 7.65. The number of thioether (sulfide) groups is 3. The fourth-order valence-corrected chi connectivity index (χ4v) is 7.53. The Hall–Kier alpha value is -1.81. The molecule has 34 heavy (non-hydrogen) atoms. The first-order chi connectivity index (χ1) is 16.4. The van der Waals surface area contributed by atoms with E-state index in [4.69, 9.17) is 4.42 Å². The van der Waals surface area contributed by atoms with Crippen LogP contribution in [0, 0.1) is 0 Å². The van der Waals surface area contributed by atoms with Crippen molar-refractivity contribution >= 4 is 69.9 Å². The third-order valence-corrected chi connectivity index (χ3v) is 9.61. The molecule has 0 fully saturated rings. The number of nitrogens with zero attached hydrogens (tertiary/aromatic N) is 3. The molecule has 3 heterocycles. The Morgan fingerprint density at radius 2 is 1.82 bits per heavy atom. The summed E-state index contributed by atoms with van der Waals surface area (Å²) >= 11 is 6.69. The smallest absolute Gasteiger partial charge is 0.377 e. The maximum Gasteiger partial charge on any atom is 0.377 e. The van der Waals surface area contributed by atoms with Crippen LogP contribution in [0.4, 0.5) is 0 Å². The van der Waals surface area contributed by atoms with E-state index in [1.165, 1.54) is 26.8 Å². The molecule has 0 bridgehead atoms. The van der Waals surface area contributed by atoms with Crippen LogP contribution in [0.1, 0.15) is 33.6 Å². The fraction of sp³-hybridized carbons (Fsp3) is 0.360. The molecule has 0 aliphatic carbocycles. The van der Waals surface area contributed by atoms with Gasteiger partial charge in [0.2, 0.25) is 5.58 Å². The normalized spacial score (nSPS) is 16.5. The monoisotopic (exact) mass is 532 g/mol. The zero-order valence-corrected chi connectivity index (χ0v) is 23.6. The Morgan fingerprint density at radius 1 is 1.09 bits per heavy atom. The Balaban J connectivity index is 1.85. The number of oxazole rings is 1. The third-order valence-electron chi connectivity index (χ3n) is 5.79. The van der Waals surface area contributed by atoms with E-state index in [9.17, 15) is 4.79 Å². The van der Waals surface area contributed by atoms with Crippen LogP contribution in [0.2, 0.25) is 0 Å². The van der Waals surface area contributed by atoms with E-state index >= 15 is 0 Å². The van der Waals surface area contributed by atoms with Crippen molar-refractivity contribution in [3.8, 4) is 0 Å². The van der Waals surface area contributed by atoms with Gasteiger partial charge in [0.15, 0.2) is 0 Å². The Kier molecular flexibility index (Phi) is 8.07. The van der Waals surface area contributed by atoms with Crippen molar-refractivity contribution in [3.63, 3.8) is 0 Å². The molecule has 0 N–H and O–H groups in total. The first kappa shape index (κ1) is 25.3. The molecular weight excluding hydrogens is 503 g/mol. The number of allylic oxidation sites excluding steroid dienone is 2. The predicted octanol–water partition coefficient (Wildman–Crippen LogP) is 4.81. The predicted molar refractivity (Wildman–Crippen MR) is 149 cm³/mol. The van der Waals surface area contributed by atoms with Crippen molar-refractivity contribution in [1.82, 2.24) is 9.47 Å². The highest BCUT2D eigenvalue weighted by atomic mass is 32.2. The molecule has 1 aromatic carbocycles. The van der Waals surface area contributed by atoms with Crippen molar-refractivity contribution in [1.29, 1.82) is 0 Å². The van der Waals surface area contributed by atoms with Gasteiger partial charge in [0, 0.05) is 40.7 Å². The lowest BCUT2D eigenvalue weighted by molar-refractivity contribution is -0.674. The first-order valence-corrected chi connectivity index (χ1v) is 15.4. The molecule has 3 aromatic rings. The number of aryl methyl sites for hydroxylation is 1. The summed E-state index contributed by atoms with van der Waals surface area (Å²) in [6, 6.07) is 4.33. The van der Waals surface area contributed by atoms with Gasteiger partial charge in [-0.1, -0.05) is 11.8 Å². The maximum atomic E-state index is 13.1. The van der Waals surface area contributed by atoms with Crippen molar-refractivity contribution in [2.24, 2.45) is 0 Å². The molecular formula is C25H30N3O2S4+. The molecule has 0 atom stereocenters. The number of hydrogen-bond acceptors (Lipinski definition) is 7. The number of aromatic nitrogens is 2. The van der Waals surface area contributed by atoms with Crippen molar-refractivity contribution < 1.29 is 8.98 Å². The van der Waals surface area contributed by atoms with E-state index in [1.807, 2.05) is 23.6 Å². The van der Waals surface area contributed by atoms with E-state index in [-0.39, 0.29) is 5.56 Å². The number of hydrogen-bond donors (Lipinski definition) is 0. The molecule has 0 spiro atoms. The largest absolute Gasteiger partial charge is 0.398 e. The quantitative estimate of drug-likeness (QED) is 0.321. The summed E-state index contributed by atoms with van der Waals surface area (Å²) in [5.41, 5.74) is 3.23. The van der Waals surface area contributed by atoms with Crippen molar-refractivity contribution in [2.75, 3.05) is 19.1 Å². The molecule has 0 saturated heterocycles. The van der Waals surface area contributed by atoms with Gasteiger partial charge < -0.3 is 9.32 Å². The molecule has 0 radical (unpaired) electrons. The van der Waals surface area contributed by atoms with E-state index < -0.39 is 0 Å². The van der Waals surface area contributed by atoms with Gasteiger partial charge in [0.25, 0.3) is 11.1 Å². The minimum absolute atomic E-state index is 0.0415. The van der Waals surface area contributed by atoms with Crippen LogP contribution in [0.5, 0.6) is 0 Å². The van der Waals surface area contributed by atoms with E-state index in [0.29, 0.717) is 6.54 Å². The van der Waals surface area contributed by atoms with Crippen molar-refractivity contribution in [3.05, 3.63) is 59.8 Å². The minimum Gasteiger partial charge on any atom is -0.398 e. The fourth-order valence-electron chi connectivity index (χ4n) is 4.05. The van der Waals surface area contributed by atoms with E-state index in [2.05, 4.69) is 66.4 Å². The van der Waals surface area contributed by atoms with Crippen LogP contribution in [0.3, 0.4) is 0 Å². The Labute approximate surface area is 216 Å². The zero-order valence-electron chi connectivity index (χ0n) is 20.4. The molecule has 1 aliphatic heterocycles. The molecule has 9 heteroatoms. The third kappa shape index (κ3) is 4.67. The summed E-state index contributed by atoms with van der Waals surface area (Å²) in [5.74, 6) is 0.763. The molecule has 5 nitrogen and oxygen atoms in total. The highest BCUT2D eigenvalue weighted by molar-refractivity contribution is 8.06. The summed E-state index contributed by atoms with van der Waals surface area (Å²) in [4.78, 5) is 17.9. The van der Waals surface area contributed by atoms with Gasteiger partial charge in [0.05, 0.1) is 15.6 Å². The zero-order chi connectivity index (χ0) is 24.4. The number of fused-ring (bicyclic) bond motifs is 1. The number of benzene rings is 1. The highest BCUT2D eigenvalue weighted by Gasteiger charge is 2.22. The van der Waals surface area contributed by atoms with Gasteiger partial charge in [0.1, 0.15) is 11.2 Å². The van der Waals surface area contributed by atoms with Gasteiger partial charge in [-0.25, -0.2) is 0 Å². The topological polar surface area (TPSA) is 42.3 Å². The molecule has 1 aliphatic rings. The van der Waals surface area contributed by atoms with E-state index in [0.717, 1.165) is 44.3 Å². The van der Waals surface area contributed by atoms with Gasteiger partial charge in [-0.05, 0) is 57.8 Å². The molecule has 0 unspecified atom stereocenters. The van der Waals surface area contributed by atoms with Gasteiger partial charge in [-0.15, -0.1) is 34.9 Å². The van der Waals surface area contributed by atoms with Gasteiger partial charge in [-0.2, -0.15) is 4.57 Å². The van der Waals surface area contributed by atoms with Crippen LogP contribution >= 0.6 is 46.6 Å². The standard InChI is InChI=1S/C25H30N3O2S4/c1-7-26-16(4)15-33-23(26)11-10-19-25(29)28(9-3)24(34-19)14-22-27(8-2)17-12-20(31-5)21(32-6)13-18(17)30-22/h10-15H,7-9H2,1-6H3/q+1/b19-10-,23-11+. The summed E-state index contributed by atoms with van der Waals surface area (Å²) in [6.07, 6.45) is 10.2. The van der Waals surface area contributed by atoms with Crippen LogP contribution in [0.15, 0.2) is 53.3 Å². The Morgan fingerprint density at radius 3 is 2.47 bits per heavy atom. The SMILES string of the molecule is CCN1C(C)=CS/C1=C/C=c1\sc(=Cc2oc3cc(SC)c(SC)cc3[n+]2CC)n(CC)c1=O. The lowest BCUT2D eigenvalue weighted by Crippen LogP contribution is -2.35. The average Bonchev–Trinajstić information content (AvgIpc) is 3.47. The number of rotatable bonds is 7. The number of thiazole rings is 1. The molecule has 180 valence electrons. The summed E-state index contributed by atoms with van der Waals surface area (Å²) in [7, 11) is 0. The highest BCUT2D eigenvalue weighted by Crippen LogP contribution is 2.34. The van der Waals surface area contributed by atoms with Gasteiger partial charge in [-0.3, -0.25) is 9.36 Å². The summed E-state index contributed by atoms with van der Waals surface area (Å²) in [5, 5.41) is 3.30. The summed E-state index contributed by atoms with van der Waals surface area (Å²) in [6.45, 7) is 10.7. The van der Waals surface area contributed by atoms with E-state index in [1.54, 1.807) is 35.3 Å². The second kappa shape index (κ2) is 10.8. The Bertz CT molecular complexity index is 1460. The van der Waals surface area contributed by atoms with Crippen molar-refractivity contribution in [2.45, 2.75) is 50.6 Å². The first-order valence-electron chi connectivity index (χ1n) is 11.3. The minimum atomic E-state index is 0.0415. The maximum absolute atomic E-state index is 13.1. The van der Waals surface area contributed by atoms with Crippen LogP contribution in [-0.4, -0.2) is 28.5 Å². The summed E-state index contributed by atoms with van der Waals surface area (Å²) < 4.78 is 11.9. The van der Waals surface area contributed by atoms with Crippen LogP contribution in [0.25, 0.3) is 23.3 Å². The molecule has 0 saturated carbocycles. The lowest BCUT2D eigenvalue weighted by atomic mass is 10.3. The molecule has 4 rings (SSSR count). The molecule has 2 aromatic heterocycles. The average molecular weight is 533 g/mol. The van der Waals surface area contributed by atoms with Crippen LogP contribution < -0.4 is 19.3 Å². The molecule has 0 amide bonds. The van der Waals surface area contributed by atoms with Gasteiger partial charge >= 0.3 is 5.89 Å². The lowest BCUT2D eigenvalue weighted by Gasteiger charge is -2.18. The van der Waals surface area contributed by atoms with Crippen LogP contribution in [-0.2, 0) is 13.1 Å².